The van der Waals surface area contributed by atoms with Gasteiger partial charge in [0.25, 0.3) is 0 Å². The quantitative estimate of drug-likeness (QED) is 0.0981. The molecule has 216 valence electrons. The fraction of sp³-hybridized carbons (Fsp3) is 0.677. The van der Waals surface area contributed by atoms with Gasteiger partial charge >= 0.3 is 7.82 Å². The van der Waals surface area contributed by atoms with Crippen molar-refractivity contribution in [2.75, 3.05) is 33.0 Å². The molecule has 0 aliphatic heterocycles. The van der Waals surface area contributed by atoms with E-state index >= 15 is 0 Å². The monoisotopic (exact) mass is 550 g/mol. The van der Waals surface area contributed by atoms with E-state index in [0.717, 1.165) is 35.8 Å². The topological polar surface area (TPSA) is 74.2 Å². The summed E-state index contributed by atoms with van der Waals surface area (Å²) in [4.78, 5) is 9.81. The van der Waals surface area contributed by atoms with Gasteiger partial charge in [0, 0.05) is 5.39 Å². The highest BCUT2D eigenvalue weighted by Gasteiger charge is 2.20. The Hall–Kier alpha value is -1.43. The van der Waals surface area contributed by atoms with E-state index in [2.05, 4.69) is 6.92 Å². The maximum atomic E-state index is 12.0. The summed E-state index contributed by atoms with van der Waals surface area (Å²) in [5.41, 5.74) is 0. The summed E-state index contributed by atoms with van der Waals surface area (Å²) in [5.74, 6) is 0.815. The second-order valence-electron chi connectivity index (χ2n) is 10.0. The first-order valence-corrected chi connectivity index (χ1v) is 16.4. The molecule has 0 aliphatic carbocycles. The summed E-state index contributed by atoms with van der Waals surface area (Å²) in [6.07, 6.45) is 19.2. The fourth-order valence-corrected chi connectivity index (χ4v) is 5.28. The van der Waals surface area contributed by atoms with E-state index < -0.39 is 7.82 Å². The smallest absolute Gasteiger partial charge is 0.472 e. The van der Waals surface area contributed by atoms with Crippen molar-refractivity contribution in [2.45, 2.75) is 103 Å². The maximum Gasteiger partial charge on any atom is 0.472 e. The van der Waals surface area contributed by atoms with Crippen molar-refractivity contribution in [1.82, 2.24) is 0 Å². The number of rotatable bonds is 25. The number of phosphoric ester groups is 1. The highest BCUT2D eigenvalue weighted by Crippen LogP contribution is 2.43. The van der Waals surface area contributed by atoms with Crippen LogP contribution in [0.3, 0.4) is 0 Å². The molecule has 0 spiro atoms. The van der Waals surface area contributed by atoms with Gasteiger partial charge in [-0.3, -0.25) is 9.05 Å². The molecule has 7 heteroatoms. The molecule has 0 aliphatic rings. The molecule has 2 rings (SSSR count). The lowest BCUT2D eigenvalue weighted by Gasteiger charge is -2.13. The van der Waals surface area contributed by atoms with E-state index in [1.54, 1.807) is 0 Å². The van der Waals surface area contributed by atoms with Gasteiger partial charge in [-0.05, 0) is 17.9 Å². The number of benzene rings is 2. The minimum absolute atomic E-state index is 0.000895. The van der Waals surface area contributed by atoms with Gasteiger partial charge in [-0.25, -0.2) is 4.57 Å². The van der Waals surface area contributed by atoms with Gasteiger partial charge in [-0.2, -0.15) is 0 Å². The molecular formula is C31H51O6P. The first-order chi connectivity index (χ1) is 18.6. The standard InChI is InChI=1S/C31H51O6P/c1-2-3-4-5-6-7-8-9-10-11-12-13-14-15-18-24-36-38(32,33)37-28-26-34-25-27-35-31-23-19-21-29-20-16-17-22-30(29)31/h16-17,19-23H,2-15,18,24-28H2,1H3,(H,32,33). The molecule has 1 unspecified atom stereocenters. The van der Waals surface area contributed by atoms with Crippen LogP contribution in [-0.2, 0) is 18.3 Å². The average molecular weight is 551 g/mol. The van der Waals surface area contributed by atoms with E-state index in [1.165, 1.54) is 77.0 Å². The molecule has 0 bridgehead atoms. The fourth-order valence-electron chi connectivity index (χ4n) is 4.54. The Kier molecular flexibility index (Phi) is 18.5. The second kappa shape index (κ2) is 21.4. The lowest BCUT2D eigenvalue weighted by atomic mass is 10.0. The predicted octanol–water partition coefficient (Wildman–Crippen LogP) is 9.24. The van der Waals surface area contributed by atoms with Crippen molar-refractivity contribution in [3.8, 4) is 5.75 Å². The molecule has 2 aromatic rings. The van der Waals surface area contributed by atoms with E-state index in [-0.39, 0.29) is 19.8 Å². The van der Waals surface area contributed by atoms with Crippen LogP contribution in [0, 0.1) is 0 Å². The molecule has 0 amide bonds. The number of phosphoric acid groups is 1. The lowest BCUT2D eigenvalue weighted by Crippen LogP contribution is -2.11. The Morgan fingerprint density at radius 3 is 1.79 bits per heavy atom. The van der Waals surface area contributed by atoms with Crippen LogP contribution in [0.25, 0.3) is 10.8 Å². The van der Waals surface area contributed by atoms with Crippen LogP contribution in [0.4, 0.5) is 0 Å². The van der Waals surface area contributed by atoms with Crippen LogP contribution in [0.1, 0.15) is 103 Å². The minimum atomic E-state index is -4.02. The van der Waals surface area contributed by atoms with E-state index in [9.17, 15) is 9.46 Å². The van der Waals surface area contributed by atoms with Crippen molar-refractivity contribution in [1.29, 1.82) is 0 Å². The van der Waals surface area contributed by atoms with Crippen molar-refractivity contribution in [2.24, 2.45) is 0 Å². The first-order valence-electron chi connectivity index (χ1n) is 14.9. The summed E-state index contributed by atoms with van der Waals surface area (Å²) < 4.78 is 33.3. The zero-order chi connectivity index (χ0) is 27.2. The van der Waals surface area contributed by atoms with E-state index in [1.807, 2.05) is 42.5 Å². The van der Waals surface area contributed by atoms with Crippen LogP contribution in [0.2, 0.25) is 0 Å². The second-order valence-corrected chi connectivity index (χ2v) is 11.5. The van der Waals surface area contributed by atoms with Gasteiger partial charge < -0.3 is 14.4 Å². The van der Waals surface area contributed by atoms with Crippen molar-refractivity contribution in [3.63, 3.8) is 0 Å². The molecule has 0 radical (unpaired) electrons. The summed E-state index contributed by atoms with van der Waals surface area (Å²) in [6.45, 7) is 3.46. The van der Waals surface area contributed by atoms with Gasteiger partial charge in [0.1, 0.15) is 12.4 Å². The van der Waals surface area contributed by atoms with Crippen LogP contribution in [-0.4, -0.2) is 37.9 Å². The third kappa shape index (κ3) is 15.9. The SMILES string of the molecule is CCCCCCCCCCCCCCCCCOP(=O)(O)OCCOCCOc1cccc2ccccc12. The first kappa shape index (κ1) is 32.8. The van der Waals surface area contributed by atoms with Crippen molar-refractivity contribution in [3.05, 3.63) is 42.5 Å². The number of unbranched alkanes of at least 4 members (excludes halogenated alkanes) is 14. The van der Waals surface area contributed by atoms with Gasteiger partial charge in [-0.15, -0.1) is 0 Å². The summed E-state index contributed by atoms with van der Waals surface area (Å²) in [5, 5.41) is 2.19. The summed E-state index contributed by atoms with van der Waals surface area (Å²) in [6, 6.07) is 14.0. The Bertz CT molecular complexity index is 884. The highest BCUT2D eigenvalue weighted by atomic mass is 31.2. The van der Waals surface area contributed by atoms with Crippen LogP contribution in [0.5, 0.6) is 5.75 Å². The zero-order valence-corrected chi connectivity index (χ0v) is 24.5. The van der Waals surface area contributed by atoms with Gasteiger partial charge in [0.05, 0.1) is 26.4 Å². The summed E-state index contributed by atoms with van der Waals surface area (Å²) in [7, 11) is -4.02. The highest BCUT2D eigenvalue weighted by molar-refractivity contribution is 7.47. The predicted molar refractivity (Wildman–Crippen MR) is 157 cm³/mol. The molecule has 38 heavy (non-hydrogen) atoms. The molecule has 0 aromatic heterocycles. The minimum Gasteiger partial charge on any atom is -0.491 e. The Morgan fingerprint density at radius 1 is 0.605 bits per heavy atom. The number of fused-ring (bicyclic) bond motifs is 1. The largest absolute Gasteiger partial charge is 0.491 e. The zero-order valence-electron chi connectivity index (χ0n) is 23.6. The van der Waals surface area contributed by atoms with Crippen molar-refractivity contribution >= 4 is 18.6 Å². The normalized spacial score (nSPS) is 13.1. The van der Waals surface area contributed by atoms with Crippen LogP contribution >= 0.6 is 7.82 Å². The number of ether oxygens (including phenoxy) is 2. The number of hydrogen-bond acceptors (Lipinski definition) is 5. The van der Waals surface area contributed by atoms with Gasteiger partial charge in [0.15, 0.2) is 0 Å². The molecule has 2 aromatic carbocycles. The van der Waals surface area contributed by atoms with Crippen LogP contribution in [0.15, 0.2) is 42.5 Å². The molecule has 1 N–H and O–H groups in total. The average Bonchev–Trinajstić information content (AvgIpc) is 2.92. The molecule has 1 atom stereocenters. The van der Waals surface area contributed by atoms with Gasteiger partial charge in [-0.1, -0.05) is 133 Å². The molecular weight excluding hydrogens is 499 g/mol. The third-order valence-electron chi connectivity index (χ3n) is 6.72. The summed E-state index contributed by atoms with van der Waals surface area (Å²) >= 11 is 0. The maximum absolute atomic E-state index is 12.0. The van der Waals surface area contributed by atoms with E-state index in [0.29, 0.717) is 13.2 Å². The molecule has 0 saturated carbocycles. The van der Waals surface area contributed by atoms with Gasteiger partial charge in [0.2, 0.25) is 0 Å². The lowest BCUT2D eigenvalue weighted by molar-refractivity contribution is 0.0610. The molecule has 0 heterocycles. The Labute approximate surface area is 231 Å². The van der Waals surface area contributed by atoms with Crippen molar-refractivity contribution < 1.29 is 28.0 Å². The molecule has 0 saturated heterocycles. The molecule has 0 fully saturated rings. The van der Waals surface area contributed by atoms with E-state index in [4.69, 9.17) is 18.5 Å². The molecule has 6 nitrogen and oxygen atoms in total. The van der Waals surface area contributed by atoms with Crippen LogP contribution < -0.4 is 4.74 Å². The Morgan fingerprint density at radius 2 is 1.13 bits per heavy atom. The third-order valence-corrected chi connectivity index (χ3v) is 7.74. The number of hydrogen-bond donors (Lipinski definition) is 1. The Balaban J connectivity index is 1.35.